The highest BCUT2D eigenvalue weighted by Crippen LogP contribution is 2.30. The van der Waals surface area contributed by atoms with E-state index in [1.165, 1.54) is 16.7 Å². The van der Waals surface area contributed by atoms with Crippen LogP contribution in [0.1, 0.15) is 52.8 Å². The number of hydrogen-bond donors (Lipinski definition) is 0. The van der Waals surface area contributed by atoms with Gasteiger partial charge in [-0.05, 0) is 50.8 Å². The highest BCUT2D eigenvalue weighted by atomic mass is 79.9. The molecule has 1 aliphatic rings. The van der Waals surface area contributed by atoms with Crippen LogP contribution in [0.5, 0.6) is 0 Å². The van der Waals surface area contributed by atoms with Crippen LogP contribution in [-0.2, 0) is 13.0 Å². The number of amides is 1. The van der Waals surface area contributed by atoms with Crippen LogP contribution in [0.25, 0.3) is 0 Å². The minimum atomic E-state index is -0.0338. The van der Waals surface area contributed by atoms with Gasteiger partial charge in [0.25, 0.3) is 5.91 Å². The summed E-state index contributed by atoms with van der Waals surface area (Å²) in [6, 6.07) is 4.49. The van der Waals surface area contributed by atoms with Crippen molar-refractivity contribution in [1.82, 2.24) is 19.9 Å². The second kappa shape index (κ2) is 6.07. The molecule has 3 rings (SSSR count). The number of nitrogens with zero attached hydrogens (tertiary/aromatic N) is 4. The second-order valence-corrected chi connectivity index (χ2v) is 7.17. The van der Waals surface area contributed by atoms with Crippen molar-refractivity contribution >= 4 is 21.8 Å². The zero-order valence-corrected chi connectivity index (χ0v) is 15.5. The maximum atomic E-state index is 12.9. The highest BCUT2D eigenvalue weighted by molar-refractivity contribution is 9.10. The summed E-state index contributed by atoms with van der Waals surface area (Å²) >= 11 is 3.67. The van der Waals surface area contributed by atoms with Crippen LogP contribution < -0.4 is 0 Å². The van der Waals surface area contributed by atoms with Crippen LogP contribution >= 0.6 is 15.9 Å². The number of fused-ring (bicyclic) bond motifs is 1. The maximum Gasteiger partial charge on any atom is 0.276 e. The Hall–Kier alpha value is -1.69. The fourth-order valence-corrected chi connectivity index (χ4v) is 3.57. The van der Waals surface area contributed by atoms with Gasteiger partial charge in [0.2, 0.25) is 0 Å². The Kier molecular flexibility index (Phi) is 4.27. The van der Waals surface area contributed by atoms with Crippen molar-refractivity contribution < 1.29 is 4.79 Å². The molecule has 0 saturated heterocycles. The first-order valence-corrected chi connectivity index (χ1v) is 8.67. The van der Waals surface area contributed by atoms with Crippen molar-refractivity contribution in [3.05, 3.63) is 44.7 Å². The molecule has 2 heterocycles. The molecular weight excluding hydrogens is 356 g/mol. The number of aromatic nitrogens is 3. The number of hydrogen-bond acceptors (Lipinski definition) is 3. The van der Waals surface area contributed by atoms with Gasteiger partial charge in [0.05, 0.1) is 5.69 Å². The molecular formula is C17H21BrN4O. The molecule has 0 fully saturated rings. The molecule has 0 atom stereocenters. The average Bonchev–Trinajstić information content (AvgIpc) is 2.92. The first kappa shape index (κ1) is 16.2. The van der Waals surface area contributed by atoms with E-state index in [0.717, 1.165) is 23.1 Å². The van der Waals surface area contributed by atoms with Crippen molar-refractivity contribution in [2.24, 2.45) is 0 Å². The summed E-state index contributed by atoms with van der Waals surface area (Å²) in [7, 11) is 0. The SMILES string of the molecule is Cc1ccc2c(c1Br)CN(C(=O)c1nnn(C(C)C)c1C)CC2. The third-order valence-corrected chi connectivity index (χ3v) is 5.54. The van der Waals surface area contributed by atoms with Crippen molar-refractivity contribution in [3.63, 3.8) is 0 Å². The van der Waals surface area contributed by atoms with Gasteiger partial charge in [-0.3, -0.25) is 4.79 Å². The number of carbonyl (C=O) groups excluding carboxylic acids is 1. The first-order valence-electron chi connectivity index (χ1n) is 7.88. The lowest BCUT2D eigenvalue weighted by Gasteiger charge is -2.29. The minimum Gasteiger partial charge on any atom is -0.332 e. The molecule has 2 aromatic rings. The number of benzene rings is 1. The number of carbonyl (C=O) groups is 1. The second-order valence-electron chi connectivity index (χ2n) is 6.37. The van der Waals surface area contributed by atoms with E-state index < -0.39 is 0 Å². The van der Waals surface area contributed by atoms with Crippen molar-refractivity contribution in [2.45, 2.75) is 46.7 Å². The lowest BCUT2D eigenvalue weighted by Crippen LogP contribution is -2.36. The van der Waals surface area contributed by atoms with Crippen LogP contribution in [0, 0.1) is 13.8 Å². The summed E-state index contributed by atoms with van der Waals surface area (Å²) in [5, 5.41) is 8.24. The van der Waals surface area contributed by atoms with Gasteiger partial charge in [-0.15, -0.1) is 5.10 Å². The standard InChI is InChI=1S/C17H21BrN4O/c1-10(2)22-12(4)16(19-20-22)17(23)21-8-7-13-6-5-11(3)15(18)14(13)9-21/h5-6,10H,7-9H2,1-4H3. The molecule has 1 aliphatic heterocycles. The summed E-state index contributed by atoms with van der Waals surface area (Å²) < 4.78 is 2.90. The van der Waals surface area contributed by atoms with Gasteiger partial charge in [0.1, 0.15) is 0 Å². The Morgan fingerprint density at radius 1 is 1.30 bits per heavy atom. The van der Waals surface area contributed by atoms with Crippen LogP contribution in [0.4, 0.5) is 0 Å². The average molecular weight is 377 g/mol. The molecule has 5 nitrogen and oxygen atoms in total. The van der Waals surface area contributed by atoms with E-state index >= 15 is 0 Å². The summed E-state index contributed by atoms with van der Waals surface area (Å²) in [5.41, 5.74) is 5.01. The van der Waals surface area contributed by atoms with Crippen LogP contribution in [0.3, 0.4) is 0 Å². The molecule has 0 bridgehead atoms. The molecule has 1 amide bonds. The van der Waals surface area contributed by atoms with E-state index in [0.29, 0.717) is 12.2 Å². The molecule has 122 valence electrons. The van der Waals surface area contributed by atoms with Crippen LogP contribution in [0.2, 0.25) is 0 Å². The summed E-state index contributed by atoms with van der Waals surface area (Å²) in [6.07, 6.45) is 0.872. The maximum absolute atomic E-state index is 12.9. The predicted octanol–water partition coefficient (Wildman–Crippen LogP) is 3.44. The zero-order valence-electron chi connectivity index (χ0n) is 13.9. The normalized spacial score (nSPS) is 14.3. The van der Waals surface area contributed by atoms with E-state index in [1.54, 1.807) is 4.68 Å². The van der Waals surface area contributed by atoms with Crippen LogP contribution in [0.15, 0.2) is 16.6 Å². The zero-order chi connectivity index (χ0) is 16.7. The number of aryl methyl sites for hydroxylation is 1. The smallest absolute Gasteiger partial charge is 0.276 e. The Balaban J connectivity index is 1.89. The molecule has 0 aliphatic carbocycles. The molecule has 0 unspecified atom stereocenters. The number of halogens is 1. The fraction of sp³-hybridized carbons (Fsp3) is 0.471. The summed E-state index contributed by atoms with van der Waals surface area (Å²) in [6.45, 7) is 9.38. The lowest BCUT2D eigenvalue weighted by atomic mass is 9.97. The van der Waals surface area contributed by atoms with Crippen LogP contribution in [-0.4, -0.2) is 32.3 Å². The number of rotatable bonds is 2. The molecule has 0 spiro atoms. The van der Waals surface area contributed by atoms with Gasteiger partial charge in [0.15, 0.2) is 5.69 Å². The first-order chi connectivity index (χ1) is 10.9. The van der Waals surface area contributed by atoms with Crippen molar-refractivity contribution in [1.29, 1.82) is 0 Å². The molecule has 0 radical (unpaired) electrons. The quantitative estimate of drug-likeness (QED) is 0.806. The molecule has 1 aromatic carbocycles. The molecule has 23 heavy (non-hydrogen) atoms. The predicted molar refractivity (Wildman–Crippen MR) is 92.5 cm³/mol. The summed E-state index contributed by atoms with van der Waals surface area (Å²) in [4.78, 5) is 14.7. The van der Waals surface area contributed by atoms with E-state index in [-0.39, 0.29) is 11.9 Å². The van der Waals surface area contributed by atoms with E-state index in [4.69, 9.17) is 0 Å². The Labute approximate surface area is 144 Å². The third-order valence-electron chi connectivity index (χ3n) is 4.44. The summed E-state index contributed by atoms with van der Waals surface area (Å²) in [5.74, 6) is -0.0338. The van der Waals surface area contributed by atoms with Gasteiger partial charge in [-0.2, -0.15) is 0 Å². The Bertz CT molecular complexity index is 766. The largest absolute Gasteiger partial charge is 0.332 e. The van der Waals surface area contributed by atoms with Gasteiger partial charge < -0.3 is 4.90 Å². The van der Waals surface area contributed by atoms with Crippen molar-refractivity contribution in [2.75, 3.05) is 6.54 Å². The monoisotopic (exact) mass is 376 g/mol. The van der Waals surface area contributed by atoms with Gasteiger partial charge in [-0.1, -0.05) is 33.3 Å². The minimum absolute atomic E-state index is 0.0338. The third kappa shape index (κ3) is 2.80. The van der Waals surface area contributed by atoms with E-state index in [9.17, 15) is 4.79 Å². The lowest BCUT2D eigenvalue weighted by molar-refractivity contribution is 0.0727. The fourth-order valence-electron chi connectivity index (χ4n) is 3.06. The molecule has 0 saturated carbocycles. The van der Waals surface area contributed by atoms with Gasteiger partial charge in [0, 0.05) is 23.6 Å². The van der Waals surface area contributed by atoms with E-state index in [1.807, 2.05) is 25.7 Å². The Morgan fingerprint density at radius 2 is 2.04 bits per heavy atom. The van der Waals surface area contributed by atoms with Gasteiger partial charge >= 0.3 is 0 Å². The highest BCUT2D eigenvalue weighted by Gasteiger charge is 2.27. The molecule has 0 N–H and O–H groups in total. The van der Waals surface area contributed by atoms with E-state index in [2.05, 4.69) is 45.3 Å². The molecule has 1 aromatic heterocycles. The topological polar surface area (TPSA) is 51.0 Å². The van der Waals surface area contributed by atoms with Crippen molar-refractivity contribution in [3.8, 4) is 0 Å². The van der Waals surface area contributed by atoms with Gasteiger partial charge in [-0.25, -0.2) is 4.68 Å². The molecule has 6 heteroatoms. The Morgan fingerprint density at radius 3 is 2.70 bits per heavy atom.